The van der Waals surface area contributed by atoms with E-state index in [2.05, 4.69) is 10.6 Å². The van der Waals surface area contributed by atoms with Gasteiger partial charge in [0.05, 0.1) is 5.69 Å². The molecule has 8 heteroatoms. The lowest BCUT2D eigenvalue weighted by Crippen LogP contribution is -2.40. The van der Waals surface area contributed by atoms with Gasteiger partial charge < -0.3 is 16.4 Å². The Hall–Kier alpha value is -1.64. The van der Waals surface area contributed by atoms with Crippen LogP contribution >= 0.6 is 0 Å². The van der Waals surface area contributed by atoms with Gasteiger partial charge in [0, 0.05) is 19.6 Å². The van der Waals surface area contributed by atoms with E-state index < -0.39 is 16.1 Å². The number of sulfonamides is 1. The van der Waals surface area contributed by atoms with Crippen molar-refractivity contribution >= 4 is 21.7 Å². The largest absolute Gasteiger partial charge is 0.338 e. The van der Waals surface area contributed by atoms with Crippen LogP contribution in [0.1, 0.15) is 26.7 Å². The number of nitrogens with two attached hydrogens (primary N) is 1. The zero-order valence-corrected chi connectivity index (χ0v) is 15.7. The molecule has 0 spiro atoms. The molecular weight excluding hydrogens is 340 g/mol. The summed E-state index contributed by atoms with van der Waals surface area (Å²) >= 11 is 0. The molecule has 0 aromatic heterocycles. The molecule has 0 atom stereocenters. The number of nitrogens with zero attached hydrogens (tertiary/aromatic N) is 1. The quantitative estimate of drug-likeness (QED) is 0.712. The number of anilines is 1. The Balaban J connectivity index is 2.14. The van der Waals surface area contributed by atoms with Gasteiger partial charge in [-0.25, -0.2) is 13.2 Å². The predicted octanol–water partition coefficient (Wildman–Crippen LogP) is 1.82. The maximum atomic E-state index is 13.0. The molecule has 0 radical (unpaired) electrons. The van der Waals surface area contributed by atoms with Gasteiger partial charge in [-0.15, -0.1) is 0 Å². The highest BCUT2D eigenvalue weighted by Gasteiger charge is 2.30. The fraction of sp³-hybridized carbons (Fsp3) is 0.588. The normalized spacial score (nSPS) is 16.8. The third-order valence-electron chi connectivity index (χ3n) is 4.33. The van der Waals surface area contributed by atoms with E-state index >= 15 is 0 Å². The zero-order valence-electron chi connectivity index (χ0n) is 14.9. The number of carbonyl (C=O) groups is 1. The first-order valence-electron chi connectivity index (χ1n) is 8.68. The summed E-state index contributed by atoms with van der Waals surface area (Å²) in [4.78, 5) is 12.1. The van der Waals surface area contributed by atoms with Crippen molar-refractivity contribution in [2.24, 2.45) is 17.6 Å². The Morgan fingerprint density at radius 1 is 1.28 bits per heavy atom. The molecule has 25 heavy (non-hydrogen) atoms. The molecule has 140 valence electrons. The van der Waals surface area contributed by atoms with Crippen LogP contribution in [0.4, 0.5) is 10.5 Å². The highest BCUT2D eigenvalue weighted by atomic mass is 32.2. The summed E-state index contributed by atoms with van der Waals surface area (Å²) in [5, 5.41) is 5.38. The Labute approximate surface area is 150 Å². The highest BCUT2D eigenvalue weighted by Crippen LogP contribution is 2.28. The fourth-order valence-corrected chi connectivity index (χ4v) is 4.40. The van der Waals surface area contributed by atoms with E-state index in [1.807, 2.05) is 13.8 Å². The number of hydrogen-bond donors (Lipinski definition) is 3. The van der Waals surface area contributed by atoms with Crippen LogP contribution in [0.5, 0.6) is 0 Å². The molecule has 0 aliphatic carbocycles. The van der Waals surface area contributed by atoms with Crippen molar-refractivity contribution in [3.8, 4) is 0 Å². The Morgan fingerprint density at radius 2 is 1.92 bits per heavy atom. The molecule has 4 N–H and O–H groups in total. The Kier molecular flexibility index (Phi) is 6.80. The van der Waals surface area contributed by atoms with Crippen LogP contribution in [0.2, 0.25) is 0 Å². The van der Waals surface area contributed by atoms with Crippen molar-refractivity contribution in [1.82, 2.24) is 9.62 Å². The van der Waals surface area contributed by atoms with Gasteiger partial charge in [0.15, 0.2) is 0 Å². The molecule has 1 aromatic rings. The number of amides is 2. The number of nitrogens with one attached hydrogen (secondary N) is 2. The number of benzene rings is 1. The molecule has 2 rings (SSSR count). The minimum atomic E-state index is -3.65. The maximum Gasteiger partial charge on any atom is 0.319 e. The number of piperidine rings is 1. The first-order chi connectivity index (χ1) is 11.8. The first-order valence-corrected chi connectivity index (χ1v) is 10.1. The van der Waals surface area contributed by atoms with Crippen molar-refractivity contribution in [1.29, 1.82) is 0 Å². The molecule has 7 nitrogen and oxygen atoms in total. The Morgan fingerprint density at radius 3 is 2.52 bits per heavy atom. The van der Waals surface area contributed by atoms with Crippen LogP contribution in [-0.4, -0.2) is 44.9 Å². The van der Waals surface area contributed by atoms with Crippen molar-refractivity contribution in [3.05, 3.63) is 24.3 Å². The summed E-state index contributed by atoms with van der Waals surface area (Å²) in [6, 6.07) is 6.10. The summed E-state index contributed by atoms with van der Waals surface area (Å²) in [7, 11) is -3.65. The van der Waals surface area contributed by atoms with Gasteiger partial charge in [-0.2, -0.15) is 4.31 Å². The van der Waals surface area contributed by atoms with Gasteiger partial charge >= 0.3 is 6.03 Å². The van der Waals surface area contributed by atoms with E-state index in [1.165, 1.54) is 10.4 Å². The summed E-state index contributed by atoms with van der Waals surface area (Å²) in [6.45, 7) is 6.00. The molecule has 0 saturated carbocycles. The summed E-state index contributed by atoms with van der Waals surface area (Å²) < 4.78 is 27.4. The summed E-state index contributed by atoms with van der Waals surface area (Å²) in [5.74, 6) is 0.690. The molecule has 1 heterocycles. The van der Waals surface area contributed by atoms with E-state index in [1.54, 1.807) is 18.2 Å². The topological polar surface area (TPSA) is 105 Å². The molecule has 0 unspecified atom stereocenters. The highest BCUT2D eigenvalue weighted by molar-refractivity contribution is 7.89. The van der Waals surface area contributed by atoms with E-state index in [-0.39, 0.29) is 4.90 Å². The van der Waals surface area contributed by atoms with Gasteiger partial charge in [0.2, 0.25) is 10.0 Å². The van der Waals surface area contributed by atoms with Gasteiger partial charge in [-0.3, -0.25) is 0 Å². The molecule has 0 bridgehead atoms. The lowest BCUT2D eigenvalue weighted by molar-refractivity contribution is 0.251. The number of urea groups is 1. The molecule has 1 fully saturated rings. The molecule has 1 aromatic carbocycles. The number of hydrogen-bond acceptors (Lipinski definition) is 4. The van der Waals surface area contributed by atoms with E-state index in [4.69, 9.17) is 5.73 Å². The first kappa shape index (κ1) is 19.7. The lowest BCUT2D eigenvalue weighted by atomic mass is 9.99. The molecular formula is C17H28N4O3S. The minimum absolute atomic E-state index is 0.126. The minimum Gasteiger partial charge on any atom is -0.338 e. The number of carbonyl (C=O) groups excluding carboxylic acids is 1. The van der Waals surface area contributed by atoms with Crippen LogP contribution in [0.3, 0.4) is 0 Å². The van der Waals surface area contributed by atoms with Gasteiger partial charge in [-0.1, -0.05) is 26.0 Å². The average Bonchev–Trinajstić information content (AvgIpc) is 2.60. The summed E-state index contributed by atoms with van der Waals surface area (Å²) in [5.41, 5.74) is 5.97. The van der Waals surface area contributed by atoms with E-state index in [0.29, 0.717) is 43.7 Å². The number of rotatable bonds is 6. The molecule has 1 aliphatic heterocycles. The van der Waals surface area contributed by atoms with Crippen molar-refractivity contribution < 1.29 is 13.2 Å². The van der Waals surface area contributed by atoms with Crippen molar-refractivity contribution in [3.63, 3.8) is 0 Å². The second-order valence-corrected chi connectivity index (χ2v) is 8.71. The summed E-state index contributed by atoms with van der Waals surface area (Å²) in [6.07, 6.45) is 1.53. The SMILES string of the molecule is CC(C)CNC(=O)Nc1ccccc1S(=O)(=O)N1CCC(CN)CC1. The van der Waals surface area contributed by atoms with Crippen molar-refractivity contribution in [2.45, 2.75) is 31.6 Å². The van der Waals surface area contributed by atoms with Gasteiger partial charge in [-0.05, 0) is 43.4 Å². The second kappa shape index (κ2) is 8.64. The zero-order chi connectivity index (χ0) is 18.4. The molecule has 2 amide bonds. The molecule has 1 aliphatic rings. The third-order valence-corrected chi connectivity index (χ3v) is 6.29. The van der Waals surface area contributed by atoms with Crippen LogP contribution in [0, 0.1) is 11.8 Å². The van der Waals surface area contributed by atoms with Crippen LogP contribution in [0.15, 0.2) is 29.2 Å². The van der Waals surface area contributed by atoms with E-state index in [0.717, 1.165) is 12.8 Å². The smallest absolute Gasteiger partial charge is 0.319 e. The Bertz CT molecular complexity index is 683. The van der Waals surface area contributed by atoms with E-state index in [9.17, 15) is 13.2 Å². The second-order valence-electron chi connectivity index (χ2n) is 6.81. The average molecular weight is 369 g/mol. The van der Waals surface area contributed by atoms with Crippen LogP contribution in [0.25, 0.3) is 0 Å². The third kappa shape index (κ3) is 5.17. The molecule has 1 saturated heterocycles. The lowest BCUT2D eigenvalue weighted by Gasteiger charge is -2.31. The van der Waals surface area contributed by atoms with Crippen molar-refractivity contribution in [2.75, 3.05) is 31.5 Å². The monoisotopic (exact) mass is 368 g/mol. The fourth-order valence-electron chi connectivity index (χ4n) is 2.78. The van der Waals surface area contributed by atoms with Gasteiger partial charge in [0.25, 0.3) is 0 Å². The predicted molar refractivity (Wildman–Crippen MR) is 98.8 cm³/mol. The number of para-hydroxylation sites is 1. The standard InChI is InChI=1S/C17H28N4O3S/c1-13(2)12-19-17(22)20-15-5-3-4-6-16(15)25(23,24)21-9-7-14(11-18)8-10-21/h3-6,13-14H,7-12,18H2,1-2H3,(H2,19,20,22). The maximum absolute atomic E-state index is 13.0. The van der Waals surface area contributed by atoms with Crippen LogP contribution in [-0.2, 0) is 10.0 Å². The van der Waals surface area contributed by atoms with Crippen LogP contribution < -0.4 is 16.4 Å². The van der Waals surface area contributed by atoms with Gasteiger partial charge in [0.1, 0.15) is 4.90 Å².